The van der Waals surface area contributed by atoms with E-state index in [0.717, 1.165) is 18.2 Å². The molecule has 0 radical (unpaired) electrons. The maximum Gasteiger partial charge on any atom is 0.416 e. The molecular weight excluding hydrogens is 595 g/mol. The van der Waals surface area contributed by atoms with E-state index in [1.165, 1.54) is 42.5 Å². The third-order valence-electron chi connectivity index (χ3n) is 5.77. The van der Waals surface area contributed by atoms with E-state index in [1.54, 1.807) is 24.3 Å². The second-order valence-corrected chi connectivity index (χ2v) is 10.9. The van der Waals surface area contributed by atoms with Crippen molar-refractivity contribution in [1.82, 2.24) is 0 Å². The Hall–Kier alpha value is -4.55. The van der Waals surface area contributed by atoms with Gasteiger partial charge in [-0.1, -0.05) is 17.7 Å². The first-order valence-corrected chi connectivity index (χ1v) is 14.2. The van der Waals surface area contributed by atoms with Crippen molar-refractivity contribution in [3.05, 3.63) is 113 Å². The molecule has 0 unspecified atom stereocenters. The molecule has 4 aromatic rings. The van der Waals surface area contributed by atoms with Gasteiger partial charge in [-0.15, -0.1) is 0 Å². The number of hydrogen-bond donors (Lipinski definition) is 3. The van der Waals surface area contributed by atoms with Gasteiger partial charge in [0.25, 0.3) is 21.8 Å². The monoisotopic (exact) mass is 617 g/mol. The highest BCUT2D eigenvalue weighted by Crippen LogP contribution is 2.34. The first kappa shape index (κ1) is 30.4. The zero-order valence-electron chi connectivity index (χ0n) is 21.8. The highest BCUT2D eigenvalue weighted by atomic mass is 35.5. The third-order valence-corrected chi connectivity index (χ3v) is 7.47. The minimum atomic E-state index is -4.71. The van der Waals surface area contributed by atoms with E-state index in [9.17, 15) is 31.2 Å². The van der Waals surface area contributed by atoms with E-state index in [-0.39, 0.29) is 21.4 Å². The number of anilines is 3. The minimum Gasteiger partial charge on any atom is -0.494 e. The van der Waals surface area contributed by atoms with Crippen LogP contribution in [0.5, 0.6) is 5.75 Å². The van der Waals surface area contributed by atoms with Gasteiger partial charge in [0.1, 0.15) is 5.75 Å². The first-order chi connectivity index (χ1) is 19.9. The van der Waals surface area contributed by atoms with Gasteiger partial charge in [0, 0.05) is 22.5 Å². The number of rotatable bonds is 9. The summed E-state index contributed by atoms with van der Waals surface area (Å²) in [7, 11) is -4.41. The lowest BCUT2D eigenvalue weighted by Gasteiger charge is -2.13. The SMILES string of the molecule is CCOc1ccc(NC(=O)c2ccc(NC(=O)c3cccc(S(=O)(=O)Nc4cc(C(F)(F)F)ccc4Cl)c3)cc2)cc1. The van der Waals surface area contributed by atoms with Gasteiger partial charge in [0.05, 0.1) is 27.8 Å². The van der Waals surface area contributed by atoms with Crippen LogP contribution in [-0.4, -0.2) is 26.8 Å². The van der Waals surface area contributed by atoms with Crippen LogP contribution in [0.15, 0.2) is 95.9 Å². The Morgan fingerprint density at radius 2 is 1.40 bits per heavy atom. The van der Waals surface area contributed by atoms with Crippen LogP contribution < -0.4 is 20.1 Å². The summed E-state index contributed by atoms with van der Waals surface area (Å²) in [4.78, 5) is 25.0. The summed E-state index contributed by atoms with van der Waals surface area (Å²) < 4.78 is 72.4. The first-order valence-electron chi connectivity index (χ1n) is 12.3. The molecule has 3 N–H and O–H groups in total. The topological polar surface area (TPSA) is 114 Å². The van der Waals surface area contributed by atoms with Crippen LogP contribution in [0, 0.1) is 0 Å². The highest BCUT2D eigenvalue weighted by Gasteiger charge is 2.31. The Balaban J connectivity index is 1.43. The van der Waals surface area contributed by atoms with Crippen molar-refractivity contribution in [3.63, 3.8) is 0 Å². The lowest BCUT2D eigenvalue weighted by atomic mass is 10.1. The van der Waals surface area contributed by atoms with Crippen molar-refractivity contribution in [1.29, 1.82) is 0 Å². The molecule has 0 saturated carbocycles. The normalized spacial score (nSPS) is 11.5. The van der Waals surface area contributed by atoms with E-state index in [4.69, 9.17) is 16.3 Å². The van der Waals surface area contributed by atoms with Gasteiger partial charge < -0.3 is 15.4 Å². The number of benzene rings is 4. The largest absolute Gasteiger partial charge is 0.494 e. The fourth-order valence-corrected chi connectivity index (χ4v) is 5.04. The Labute approximate surface area is 244 Å². The summed E-state index contributed by atoms with van der Waals surface area (Å²) in [6, 6.07) is 20.0. The van der Waals surface area contributed by atoms with Gasteiger partial charge in [-0.3, -0.25) is 14.3 Å². The maximum atomic E-state index is 13.1. The Kier molecular flexibility index (Phi) is 9.08. The van der Waals surface area contributed by atoms with Crippen molar-refractivity contribution in [2.75, 3.05) is 22.0 Å². The molecule has 0 aliphatic carbocycles. The van der Waals surface area contributed by atoms with E-state index >= 15 is 0 Å². The van der Waals surface area contributed by atoms with Crippen molar-refractivity contribution < 1.29 is 35.9 Å². The molecule has 0 heterocycles. The average molecular weight is 618 g/mol. The van der Waals surface area contributed by atoms with Crippen LogP contribution in [-0.2, 0) is 16.2 Å². The van der Waals surface area contributed by atoms with E-state index in [1.807, 2.05) is 11.6 Å². The molecule has 2 amide bonds. The molecule has 42 heavy (non-hydrogen) atoms. The predicted molar refractivity (Wildman–Crippen MR) is 154 cm³/mol. The summed E-state index contributed by atoms with van der Waals surface area (Å²) in [5.74, 6) is -0.353. The number of sulfonamides is 1. The summed E-state index contributed by atoms with van der Waals surface area (Å²) in [5, 5.41) is 5.13. The molecule has 13 heteroatoms. The van der Waals surface area contributed by atoms with Crippen LogP contribution >= 0.6 is 11.6 Å². The number of ether oxygens (including phenoxy) is 1. The van der Waals surface area contributed by atoms with E-state index in [0.29, 0.717) is 35.4 Å². The van der Waals surface area contributed by atoms with E-state index in [2.05, 4.69) is 10.6 Å². The fraction of sp³-hybridized carbons (Fsp3) is 0.103. The zero-order valence-corrected chi connectivity index (χ0v) is 23.4. The predicted octanol–water partition coefficient (Wildman–Crippen LogP) is 7.06. The molecule has 0 aliphatic rings. The average Bonchev–Trinajstić information content (AvgIpc) is 2.95. The Bertz CT molecular complexity index is 1710. The molecule has 8 nitrogen and oxygen atoms in total. The lowest BCUT2D eigenvalue weighted by molar-refractivity contribution is -0.137. The van der Waals surface area contributed by atoms with Crippen LogP contribution in [0.2, 0.25) is 5.02 Å². The molecule has 0 spiro atoms. The van der Waals surface area contributed by atoms with Gasteiger partial charge in [-0.25, -0.2) is 8.42 Å². The second-order valence-electron chi connectivity index (χ2n) is 8.77. The molecule has 0 aliphatic heterocycles. The standard InChI is InChI=1S/C29H23ClF3N3O5S/c1-2-41-23-13-11-22(12-14-23)34-27(37)18-6-9-21(10-7-18)35-28(38)19-4-3-5-24(16-19)42(39,40)36-26-17-20(29(31,32)33)8-15-25(26)30/h3-17,36H,2H2,1H3,(H,34,37)(H,35,38). The van der Waals surface area contributed by atoms with Crippen molar-refractivity contribution in [2.24, 2.45) is 0 Å². The van der Waals surface area contributed by atoms with Gasteiger partial charge >= 0.3 is 6.18 Å². The number of carbonyl (C=O) groups excluding carboxylic acids is 2. The molecule has 0 bridgehead atoms. The molecule has 4 rings (SSSR count). The molecule has 0 aromatic heterocycles. The summed E-state index contributed by atoms with van der Waals surface area (Å²) >= 11 is 5.91. The van der Waals surface area contributed by atoms with Crippen LogP contribution in [0.25, 0.3) is 0 Å². The quantitative estimate of drug-likeness (QED) is 0.186. The molecule has 218 valence electrons. The fourth-order valence-electron chi connectivity index (χ4n) is 3.70. The zero-order chi connectivity index (χ0) is 30.5. The number of carbonyl (C=O) groups is 2. The summed E-state index contributed by atoms with van der Waals surface area (Å²) in [6.45, 7) is 2.39. The Morgan fingerprint density at radius 1 is 0.810 bits per heavy atom. The maximum absolute atomic E-state index is 13.1. The van der Waals surface area contributed by atoms with Gasteiger partial charge in [0.2, 0.25) is 0 Å². The smallest absolute Gasteiger partial charge is 0.416 e. The van der Waals surface area contributed by atoms with Crippen LogP contribution in [0.4, 0.5) is 30.2 Å². The second kappa shape index (κ2) is 12.5. The van der Waals surface area contributed by atoms with Gasteiger partial charge in [-0.05, 0) is 91.9 Å². The van der Waals surface area contributed by atoms with Crippen molar-refractivity contribution in [3.8, 4) is 5.75 Å². The third kappa shape index (κ3) is 7.59. The van der Waals surface area contributed by atoms with Gasteiger partial charge in [-0.2, -0.15) is 13.2 Å². The lowest BCUT2D eigenvalue weighted by Crippen LogP contribution is -2.17. The Morgan fingerprint density at radius 3 is 2.00 bits per heavy atom. The summed E-state index contributed by atoms with van der Waals surface area (Å²) in [6.07, 6.45) is -4.71. The number of nitrogens with one attached hydrogen (secondary N) is 3. The number of halogens is 4. The minimum absolute atomic E-state index is 0.0367. The number of alkyl halides is 3. The molecule has 0 atom stereocenters. The number of amides is 2. The van der Waals surface area contributed by atoms with Crippen molar-refractivity contribution in [2.45, 2.75) is 18.0 Å². The van der Waals surface area contributed by atoms with Gasteiger partial charge in [0.15, 0.2) is 0 Å². The summed E-state index contributed by atoms with van der Waals surface area (Å²) in [5.41, 5.74) is -0.356. The van der Waals surface area contributed by atoms with E-state index < -0.39 is 33.4 Å². The molecule has 4 aromatic carbocycles. The molecular formula is C29H23ClF3N3O5S. The highest BCUT2D eigenvalue weighted by molar-refractivity contribution is 7.92. The number of hydrogen-bond acceptors (Lipinski definition) is 5. The molecule has 0 fully saturated rings. The van der Waals surface area contributed by atoms with Crippen LogP contribution in [0.3, 0.4) is 0 Å². The van der Waals surface area contributed by atoms with Crippen LogP contribution in [0.1, 0.15) is 33.2 Å². The van der Waals surface area contributed by atoms with Crippen molar-refractivity contribution >= 4 is 50.5 Å². The molecule has 0 saturated heterocycles.